The Morgan fingerprint density at radius 1 is 1.04 bits per heavy atom. The first kappa shape index (κ1) is 20.0. The van der Waals surface area contributed by atoms with E-state index in [4.69, 9.17) is 9.47 Å². The SMILES string of the molecule is CCOC(=O)CC(CC(C)(C)CC1CCCCC1)C(=O)OCC. The van der Waals surface area contributed by atoms with Gasteiger partial charge in [-0.15, -0.1) is 0 Å². The first-order chi connectivity index (χ1) is 10.9. The molecule has 4 nitrogen and oxygen atoms in total. The Labute approximate surface area is 141 Å². The van der Waals surface area contributed by atoms with Gasteiger partial charge in [0, 0.05) is 0 Å². The molecule has 23 heavy (non-hydrogen) atoms. The molecule has 0 bridgehead atoms. The molecule has 1 rings (SSSR count). The van der Waals surface area contributed by atoms with Gasteiger partial charge in [0.05, 0.1) is 25.6 Å². The molecule has 0 N–H and O–H groups in total. The number of esters is 2. The zero-order valence-corrected chi connectivity index (χ0v) is 15.4. The van der Waals surface area contributed by atoms with Crippen LogP contribution >= 0.6 is 0 Å². The Hall–Kier alpha value is -1.06. The first-order valence-corrected chi connectivity index (χ1v) is 9.20. The molecule has 1 aliphatic carbocycles. The summed E-state index contributed by atoms with van der Waals surface area (Å²) in [5, 5.41) is 0. The third kappa shape index (κ3) is 7.85. The molecule has 0 heterocycles. The highest BCUT2D eigenvalue weighted by atomic mass is 16.5. The Balaban J connectivity index is 2.64. The fourth-order valence-electron chi connectivity index (χ4n) is 3.84. The molecule has 0 spiro atoms. The molecule has 0 aliphatic heterocycles. The molecule has 0 aromatic rings. The highest BCUT2D eigenvalue weighted by Gasteiger charge is 2.33. The van der Waals surface area contributed by atoms with Crippen molar-refractivity contribution >= 4 is 11.9 Å². The zero-order chi connectivity index (χ0) is 17.3. The molecule has 1 fully saturated rings. The highest BCUT2D eigenvalue weighted by molar-refractivity contribution is 5.80. The number of hydrogen-bond acceptors (Lipinski definition) is 4. The Morgan fingerprint density at radius 3 is 2.22 bits per heavy atom. The van der Waals surface area contributed by atoms with Gasteiger partial charge >= 0.3 is 11.9 Å². The Morgan fingerprint density at radius 2 is 1.65 bits per heavy atom. The van der Waals surface area contributed by atoms with Gasteiger partial charge in [0.25, 0.3) is 0 Å². The summed E-state index contributed by atoms with van der Waals surface area (Å²) in [7, 11) is 0. The predicted octanol–water partition coefficient (Wildman–Crippen LogP) is 4.51. The van der Waals surface area contributed by atoms with Crippen LogP contribution < -0.4 is 0 Å². The van der Waals surface area contributed by atoms with Crippen molar-refractivity contribution in [1.82, 2.24) is 0 Å². The Kier molecular flexibility index (Phi) is 8.64. The van der Waals surface area contributed by atoms with E-state index in [1.54, 1.807) is 13.8 Å². The van der Waals surface area contributed by atoms with Crippen molar-refractivity contribution in [2.24, 2.45) is 17.3 Å². The van der Waals surface area contributed by atoms with Gasteiger partial charge in [0.1, 0.15) is 0 Å². The van der Waals surface area contributed by atoms with Gasteiger partial charge in [-0.3, -0.25) is 9.59 Å². The van der Waals surface area contributed by atoms with Crippen LogP contribution in [0.15, 0.2) is 0 Å². The third-order valence-electron chi connectivity index (χ3n) is 4.70. The molecule has 1 atom stereocenters. The standard InChI is InChI=1S/C19H34O4/c1-5-22-17(20)12-16(18(21)23-6-2)14-19(3,4)13-15-10-8-7-9-11-15/h15-16H,5-14H2,1-4H3. The minimum absolute atomic E-state index is 0.0337. The lowest BCUT2D eigenvalue weighted by Crippen LogP contribution is -2.29. The summed E-state index contributed by atoms with van der Waals surface area (Å²) in [6.45, 7) is 8.69. The molecule has 4 heteroatoms. The number of carbonyl (C=O) groups excluding carboxylic acids is 2. The molecule has 1 aliphatic rings. The fraction of sp³-hybridized carbons (Fsp3) is 0.895. The minimum Gasteiger partial charge on any atom is -0.466 e. The molecule has 134 valence electrons. The molecular weight excluding hydrogens is 292 g/mol. The van der Waals surface area contributed by atoms with Gasteiger partial charge in [-0.2, -0.15) is 0 Å². The Bertz CT molecular complexity index is 370. The highest BCUT2D eigenvalue weighted by Crippen LogP contribution is 2.39. The summed E-state index contributed by atoms with van der Waals surface area (Å²) < 4.78 is 10.2. The molecule has 0 amide bonds. The predicted molar refractivity (Wildman–Crippen MR) is 91.0 cm³/mol. The maximum atomic E-state index is 12.2. The minimum atomic E-state index is -0.396. The topological polar surface area (TPSA) is 52.6 Å². The van der Waals surface area contributed by atoms with Gasteiger partial charge in [0.2, 0.25) is 0 Å². The van der Waals surface area contributed by atoms with Gasteiger partial charge in [-0.25, -0.2) is 0 Å². The molecular formula is C19H34O4. The van der Waals surface area contributed by atoms with E-state index in [1.165, 1.54) is 32.1 Å². The van der Waals surface area contributed by atoms with Crippen molar-refractivity contribution in [1.29, 1.82) is 0 Å². The van der Waals surface area contributed by atoms with Gasteiger partial charge < -0.3 is 9.47 Å². The summed E-state index contributed by atoms with van der Waals surface area (Å²) in [5.41, 5.74) is 0.0337. The summed E-state index contributed by atoms with van der Waals surface area (Å²) in [5.74, 6) is -0.215. The van der Waals surface area contributed by atoms with E-state index < -0.39 is 5.92 Å². The van der Waals surface area contributed by atoms with Crippen molar-refractivity contribution < 1.29 is 19.1 Å². The van der Waals surface area contributed by atoms with Crippen molar-refractivity contribution in [3.05, 3.63) is 0 Å². The van der Waals surface area contributed by atoms with Crippen LogP contribution in [0.2, 0.25) is 0 Å². The number of carbonyl (C=O) groups is 2. The zero-order valence-electron chi connectivity index (χ0n) is 15.4. The average molecular weight is 326 g/mol. The van der Waals surface area contributed by atoms with E-state index >= 15 is 0 Å². The van der Waals surface area contributed by atoms with Crippen LogP contribution in [0, 0.1) is 17.3 Å². The second-order valence-corrected chi connectivity index (χ2v) is 7.53. The quantitative estimate of drug-likeness (QED) is 0.585. The van der Waals surface area contributed by atoms with Crippen molar-refractivity contribution in [3.8, 4) is 0 Å². The van der Waals surface area contributed by atoms with Crippen molar-refractivity contribution in [2.45, 2.75) is 79.1 Å². The van der Waals surface area contributed by atoms with Crippen LogP contribution in [0.5, 0.6) is 0 Å². The lowest BCUT2D eigenvalue weighted by molar-refractivity contribution is -0.156. The van der Waals surface area contributed by atoms with Crippen LogP contribution in [-0.2, 0) is 19.1 Å². The first-order valence-electron chi connectivity index (χ1n) is 9.20. The van der Waals surface area contributed by atoms with E-state index in [-0.39, 0.29) is 23.8 Å². The molecule has 0 aromatic carbocycles. The lowest BCUT2D eigenvalue weighted by atomic mass is 9.72. The molecule has 1 unspecified atom stereocenters. The van der Waals surface area contributed by atoms with Gasteiger partial charge in [-0.1, -0.05) is 46.0 Å². The molecule has 0 saturated heterocycles. The summed E-state index contributed by atoms with van der Waals surface area (Å²) in [6.07, 6.45) is 8.52. The number of rotatable bonds is 9. The van der Waals surface area contributed by atoms with Gasteiger partial charge in [0.15, 0.2) is 0 Å². The summed E-state index contributed by atoms with van der Waals surface area (Å²) in [4.78, 5) is 24.0. The van der Waals surface area contributed by atoms with Crippen molar-refractivity contribution in [3.63, 3.8) is 0 Å². The fourth-order valence-corrected chi connectivity index (χ4v) is 3.84. The smallest absolute Gasteiger partial charge is 0.309 e. The van der Waals surface area contributed by atoms with Crippen LogP contribution in [0.1, 0.15) is 79.1 Å². The maximum Gasteiger partial charge on any atom is 0.309 e. The second-order valence-electron chi connectivity index (χ2n) is 7.53. The van der Waals surface area contributed by atoms with Gasteiger partial charge in [-0.05, 0) is 38.0 Å². The summed E-state index contributed by atoms with van der Waals surface area (Å²) in [6, 6.07) is 0. The molecule has 1 saturated carbocycles. The number of ether oxygens (including phenoxy) is 2. The van der Waals surface area contributed by atoms with E-state index in [1.807, 2.05) is 0 Å². The average Bonchev–Trinajstić information content (AvgIpc) is 2.47. The van der Waals surface area contributed by atoms with Crippen LogP contribution in [0.25, 0.3) is 0 Å². The maximum absolute atomic E-state index is 12.2. The monoisotopic (exact) mass is 326 g/mol. The van der Waals surface area contributed by atoms with E-state index in [0.29, 0.717) is 19.6 Å². The van der Waals surface area contributed by atoms with Crippen LogP contribution in [0.3, 0.4) is 0 Å². The molecule has 0 radical (unpaired) electrons. The van der Waals surface area contributed by atoms with Crippen LogP contribution in [-0.4, -0.2) is 25.2 Å². The van der Waals surface area contributed by atoms with Crippen LogP contribution in [0.4, 0.5) is 0 Å². The normalized spacial score (nSPS) is 17.6. The summed E-state index contributed by atoms with van der Waals surface area (Å²) >= 11 is 0. The second kappa shape index (κ2) is 9.94. The van der Waals surface area contributed by atoms with E-state index in [9.17, 15) is 9.59 Å². The van der Waals surface area contributed by atoms with E-state index in [2.05, 4.69) is 13.8 Å². The lowest BCUT2D eigenvalue weighted by Gasteiger charge is -2.34. The third-order valence-corrected chi connectivity index (χ3v) is 4.70. The van der Waals surface area contributed by atoms with E-state index in [0.717, 1.165) is 12.3 Å². The largest absolute Gasteiger partial charge is 0.466 e. The number of hydrogen-bond donors (Lipinski definition) is 0. The molecule has 0 aromatic heterocycles. The van der Waals surface area contributed by atoms with Crippen molar-refractivity contribution in [2.75, 3.05) is 13.2 Å².